The zero-order valence-electron chi connectivity index (χ0n) is 21.0. The van der Waals surface area contributed by atoms with Gasteiger partial charge in [0.25, 0.3) is 0 Å². The van der Waals surface area contributed by atoms with E-state index in [1.807, 2.05) is 68.4 Å². The van der Waals surface area contributed by atoms with Gasteiger partial charge in [0.15, 0.2) is 0 Å². The van der Waals surface area contributed by atoms with Gasteiger partial charge in [-0.3, -0.25) is 9.59 Å². The highest BCUT2D eigenvalue weighted by Crippen LogP contribution is 2.20. The summed E-state index contributed by atoms with van der Waals surface area (Å²) in [5, 5.41) is 14.3. The number of carboxylic acid groups (broad SMARTS) is 1. The van der Waals surface area contributed by atoms with Gasteiger partial charge in [-0.1, -0.05) is 68.4 Å². The summed E-state index contributed by atoms with van der Waals surface area (Å²) >= 11 is 0. The molecule has 0 unspecified atom stereocenters. The maximum absolute atomic E-state index is 13.0. The number of aliphatic carboxylic acids is 1. The zero-order chi connectivity index (χ0) is 26.5. The van der Waals surface area contributed by atoms with Gasteiger partial charge in [-0.15, -0.1) is 0 Å². The monoisotopic (exact) mass is 497 g/mol. The largest absolute Gasteiger partial charge is 0.481 e. The first-order valence-corrected chi connectivity index (χ1v) is 12.0. The van der Waals surface area contributed by atoms with Crippen LogP contribution in [0.25, 0.3) is 11.1 Å². The third-order valence-corrected chi connectivity index (χ3v) is 5.27. The second-order valence-electron chi connectivity index (χ2n) is 8.90. The Morgan fingerprint density at radius 2 is 1.61 bits per heavy atom. The van der Waals surface area contributed by atoms with Gasteiger partial charge in [0.05, 0.1) is 13.0 Å². The van der Waals surface area contributed by atoms with Crippen molar-refractivity contribution in [1.82, 2.24) is 15.5 Å². The van der Waals surface area contributed by atoms with Gasteiger partial charge < -0.3 is 25.4 Å². The summed E-state index contributed by atoms with van der Waals surface area (Å²) in [5.41, 5.74) is 2.91. The molecule has 0 spiro atoms. The molecule has 3 amide bonds. The van der Waals surface area contributed by atoms with Crippen molar-refractivity contribution in [2.45, 2.75) is 39.7 Å². The highest BCUT2D eigenvalue weighted by atomic mass is 16.5. The fraction of sp³-hybridized carbons (Fsp3) is 0.407. The van der Waals surface area contributed by atoms with Crippen molar-refractivity contribution in [2.75, 3.05) is 26.2 Å². The first-order chi connectivity index (χ1) is 17.2. The summed E-state index contributed by atoms with van der Waals surface area (Å²) < 4.78 is 5.30. The molecule has 0 bridgehead atoms. The number of carboxylic acids is 1. The number of benzene rings is 2. The van der Waals surface area contributed by atoms with Crippen molar-refractivity contribution in [1.29, 1.82) is 0 Å². The first kappa shape index (κ1) is 28.4. The van der Waals surface area contributed by atoms with Crippen molar-refractivity contribution in [2.24, 2.45) is 5.92 Å². The van der Waals surface area contributed by atoms with Crippen molar-refractivity contribution >= 4 is 23.9 Å². The molecule has 0 radical (unpaired) electrons. The summed E-state index contributed by atoms with van der Waals surface area (Å²) in [6.45, 7) is 5.69. The van der Waals surface area contributed by atoms with E-state index in [9.17, 15) is 19.2 Å². The molecule has 0 saturated heterocycles. The third kappa shape index (κ3) is 10.2. The lowest BCUT2D eigenvalue weighted by atomic mass is 10.0. The molecule has 0 fully saturated rings. The maximum Gasteiger partial charge on any atom is 0.329 e. The Bertz CT molecular complexity index is 1010. The molecule has 0 aliphatic heterocycles. The average molecular weight is 498 g/mol. The van der Waals surface area contributed by atoms with Gasteiger partial charge in [0.1, 0.15) is 12.6 Å². The van der Waals surface area contributed by atoms with Crippen molar-refractivity contribution in [3.05, 3.63) is 60.2 Å². The molecule has 0 aromatic heterocycles. The van der Waals surface area contributed by atoms with Gasteiger partial charge in [-0.2, -0.15) is 0 Å². The molecule has 0 saturated carbocycles. The molecular formula is C27H35N3O6. The summed E-state index contributed by atoms with van der Waals surface area (Å²) in [6.07, 6.45) is -0.0128. The summed E-state index contributed by atoms with van der Waals surface area (Å²) in [6, 6.07) is 16.0. The van der Waals surface area contributed by atoms with E-state index >= 15 is 0 Å². The van der Waals surface area contributed by atoms with Gasteiger partial charge in [-0.25, -0.2) is 9.59 Å². The topological polar surface area (TPSA) is 125 Å². The minimum atomic E-state index is -1.01. The molecule has 2 aromatic rings. The molecule has 9 nitrogen and oxygen atoms in total. The lowest BCUT2D eigenvalue weighted by Crippen LogP contribution is -2.51. The number of amides is 3. The number of rotatable bonds is 13. The second-order valence-corrected chi connectivity index (χ2v) is 8.90. The Hall–Kier alpha value is -3.88. The highest BCUT2D eigenvalue weighted by Gasteiger charge is 2.26. The Morgan fingerprint density at radius 1 is 0.972 bits per heavy atom. The third-order valence-electron chi connectivity index (χ3n) is 5.27. The minimum Gasteiger partial charge on any atom is -0.481 e. The first-order valence-electron chi connectivity index (χ1n) is 12.0. The number of hydrogen-bond acceptors (Lipinski definition) is 5. The number of carbonyl (C=O) groups is 4. The predicted octanol–water partition coefficient (Wildman–Crippen LogP) is 3.09. The van der Waals surface area contributed by atoms with Crippen molar-refractivity contribution in [3.8, 4) is 11.1 Å². The van der Waals surface area contributed by atoms with Crippen LogP contribution in [0, 0.1) is 5.92 Å². The van der Waals surface area contributed by atoms with E-state index in [0.717, 1.165) is 16.7 Å². The predicted molar refractivity (Wildman–Crippen MR) is 136 cm³/mol. The van der Waals surface area contributed by atoms with E-state index in [4.69, 9.17) is 9.84 Å². The number of hydrogen-bond donors (Lipinski definition) is 3. The highest BCUT2D eigenvalue weighted by molar-refractivity contribution is 5.84. The number of nitrogens with one attached hydrogen (secondary N) is 2. The Balaban J connectivity index is 2.15. The number of urea groups is 1. The average Bonchev–Trinajstić information content (AvgIpc) is 2.84. The molecule has 0 heterocycles. The van der Waals surface area contributed by atoms with E-state index in [1.165, 1.54) is 11.8 Å². The molecule has 2 aromatic carbocycles. The summed E-state index contributed by atoms with van der Waals surface area (Å²) in [7, 11) is 0. The van der Waals surface area contributed by atoms with Crippen LogP contribution in [0.4, 0.5) is 4.79 Å². The van der Waals surface area contributed by atoms with Crippen LogP contribution in [-0.4, -0.2) is 66.2 Å². The standard InChI is InChI=1S/C27H35N3O6/c1-19(2)18-30(15-13-25(32)33)27(35)29-24(26(34)36-16-14-28-20(3)31)17-21-9-11-23(12-10-21)22-7-5-4-6-8-22/h4-12,19,24H,13-18H2,1-3H3,(H,28,31)(H,29,35)(H,32,33)/t24-/m0/s1. The van der Waals surface area contributed by atoms with E-state index < -0.39 is 24.0 Å². The zero-order valence-corrected chi connectivity index (χ0v) is 21.0. The molecular weight excluding hydrogens is 462 g/mol. The van der Waals surface area contributed by atoms with Gasteiger partial charge >= 0.3 is 18.0 Å². The van der Waals surface area contributed by atoms with E-state index in [1.54, 1.807) is 0 Å². The number of nitrogens with zero attached hydrogens (tertiary/aromatic N) is 1. The Kier molecular flexibility index (Phi) is 11.4. The molecule has 3 N–H and O–H groups in total. The Morgan fingerprint density at radius 3 is 2.19 bits per heavy atom. The maximum atomic E-state index is 13.0. The smallest absolute Gasteiger partial charge is 0.329 e. The molecule has 0 aliphatic rings. The van der Waals surface area contributed by atoms with Gasteiger partial charge in [0.2, 0.25) is 5.91 Å². The van der Waals surface area contributed by atoms with Crippen LogP contribution >= 0.6 is 0 Å². The quantitative estimate of drug-likeness (QED) is 0.289. The van der Waals surface area contributed by atoms with Crippen LogP contribution in [0.3, 0.4) is 0 Å². The van der Waals surface area contributed by atoms with Crippen molar-refractivity contribution < 1.29 is 29.0 Å². The molecule has 1 atom stereocenters. The normalized spacial score (nSPS) is 11.4. The molecule has 194 valence electrons. The lowest BCUT2D eigenvalue weighted by molar-refractivity contribution is -0.146. The van der Waals surface area contributed by atoms with Gasteiger partial charge in [-0.05, 0) is 22.6 Å². The summed E-state index contributed by atoms with van der Waals surface area (Å²) in [4.78, 5) is 49.4. The lowest BCUT2D eigenvalue weighted by Gasteiger charge is -2.27. The van der Waals surface area contributed by atoms with Crippen molar-refractivity contribution in [3.63, 3.8) is 0 Å². The van der Waals surface area contributed by atoms with E-state index in [0.29, 0.717) is 6.54 Å². The molecule has 0 aliphatic carbocycles. The number of esters is 1. The minimum absolute atomic E-state index is 0.0232. The van der Waals surface area contributed by atoms with Crippen LogP contribution in [0.1, 0.15) is 32.8 Å². The van der Waals surface area contributed by atoms with Crippen LogP contribution in [0.5, 0.6) is 0 Å². The number of ether oxygens (including phenoxy) is 1. The fourth-order valence-electron chi connectivity index (χ4n) is 3.56. The second kappa shape index (κ2) is 14.5. The SMILES string of the molecule is CC(=O)NCCOC(=O)[C@H](Cc1ccc(-c2ccccc2)cc1)NC(=O)N(CCC(=O)O)CC(C)C. The van der Waals surface area contributed by atoms with Crippen LogP contribution in [-0.2, 0) is 25.5 Å². The van der Waals surface area contributed by atoms with E-state index in [-0.39, 0.29) is 44.4 Å². The molecule has 2 rings (SSSR count). The van der Waals surface area contributed by atoms with Crippen LogP contribution in [0.2, 0.25) is 0 Å². The van der Waals surface area contributed by atoms with Crippen LogP contribution in [0.15, 0.2) is 54.6 Å². The summed E-state index contributed by atoms with van der Waals surface area (Å²) in [5.74, 6) is -1.78. The molecule has 36 heavy (non-hydrogen) atoms. The fourth-order valence-corrected chi connectivity index (χ4v) is 3.56. The Labute approximate surface area is 211 Å². The van der Waals surface area contributed by atoms with Crippen LogP contribution < -0.4 is 10.6 Å². The van der Waals surface area contributed by atoms with Gasteiger partial charge in [0, 0.05) is 26.4 Å². The van der Waals surface area contributed by atoms with E-state index in [2.05, 4.69) is 10.6 Å². The molecule has 9 heteroatoms. The number of carbonyl (C=O) groups excluding carboxylic acids is 3.